The summed E-state index contributed by atoms with van der Waals surface area (Å²) in [7, 11) is 0. The van der Waals surface area contributed by atoms with Crippen molar-refractivity contribution in [2.45, 2.75) is 26.9 Å². The van der Waals surface area contributed by atoms with Crippen molar-refractivity contribution in [1.82, 2.24) is 9.97 Å². The fraction of sp³-hybridized carbons (Fsp3) is 0.312. The summed E-state index contributed by atoms with van der Waals surface area (Å²) in [5, 5.41) is 3.04. The van der Waals surface area contributed by atoms with Gasteiger partial charge < -0.3 is 20.5 Å². The van der Waals surface area contributed by atoms with Crippen LogP contribution in [-0.4, -0.2) is 28.6 Å². The Labute approximate surface area is 134 Å². The van der Waals surface area contributed by atoms with Gasteiger partial charge in [-0.1, -0.05) is 12.1 Å². The lowest BCUT2D eigenvalue weighted by Crippen LogP contribution is -2.12. The Morgan fingerprint density at radius 3 is 2.74 bits per heavy atom. The molecule has 0 fully saturated rings. The van der Waals surface area contributed by atoms with Crippen LogP contribution in [0.5, 0.6) is 5.88 Å². The lowest BCUT2D eigenvalue weighted by Gasteiger charge is -2.15. The van der Waals surface area contributed by atoms with Crippen molar-refractivity contribution >= 4 is 23.2 Å². The summed E-state index contributed by atoms with van der Waals surface area (Å²) in [5.41, 5.74) is 7.26. The van der Waals surface area contributed by atoms with Crippen LogP contribution in [-0.2, 0) is 4.74 Å². The van der Waals surface area contributed by atoms with Crippen LogP contribution in [0.3, 0.4) is 0 Å². The molecule has 0 aliphatic heterocycles. The van der Waals surface area contributed by atoms with E-state index in [1.807, 2.05) is 13.8 Å². The normalized spacial score (nSPS) is 10.4. The number of esters is 1. The third kappa shape index (κ3) is 4.09. The summed E-state index contributed by atoms with van der Waals surface area (Å²) in [6.07, 6.45) is 1.29. The predicted octanol–water partition coefficient (Wildman–Crippen LogP) is 2.77. The number of benzene rings is 1. The van der Waals surface area contributed by atoms with Gasteiger partial charge in [0.15, 0.2) is 5.82 Å². The molecule has 122 valence electrons. The zero-order valence-electron chi connectivity index (χ0n) is 13.4. The first-order valence-electron chi connectivity index (χ1n) is 7.33. The largest absolute Gasteiger partial charge is 0.473 e. The van der Waals surface area contributed by atoms with Gasteiger partial charge in [0.1, 0.15) is 12.0 Å². The van der Waals surface area contributed by atoms with Gasteiger partial charge in [-0.05, 0) is 32.9 Å². The van der Waals surface area contributed by atoms with Gasteiger partial charge in [-0.15, -0.1) is 0 Å². The lowest BCUT2D eigenvalue weighted by molar-refractivity contribution is 0.0527. The van der Waals surface area contributed by atoms with Gasteiger partial charge >= 0.3 is 5.97 Å². The highest BCUT2D eigenvalue weighted by Crippen LogP contribution is 2.29. The van der Waals surface area contributed by atoms with E-state index in [1.54, 1.807) is 31.2 Å². The minimum Gasteiger partial charge on any atom is -0.473 e. The van der Waals surface area contributed by atoms with E-state index in [1.165, 1.54) is 6.33 Å². The molecule has 7 nitrogen and oxygen atoms in total. The summed E-state index contributed by atoms with van der Waals surface area (Å²) in [6, 6.07) is 6.97. The van der Waals surface area contributed by atoms with Gasteiger partial charge in [0.05, 0.1) is 24.0 Å². The molecule has 7 heteroatoms. The molecule has 2 aromatic rings. The van der Waals surface area contributed by atoms with Crippen molar-refractivity contribution in [3.05, 3.63) is 36.2 Å². The fourth-order valence-corrected chi connectivity index (χ4v) is 1.90. The molecular formula is C16H20N4O3. The van der Waals surface area contributed by atoms with Gasteiger partial charge in [0.25, 0.3) is 0 Å². The molecule has 0 aliphatic rings. The Morgan fingerprint density at radius 1 is 1.30 bits per heavy atom. The molecule has 0 saturated heterocycles. The van der Waals surface area contributed by atoms with E-state index >= 15 is 0 Å². The number of nitrogens with two attached hydrogens (primary N) is 1. The first-order chi connectivity index (χ1) is 11.0. The highest BCUT2D eigenvalue weighted by atomic mass is 16.5. The van der Waals surface area contributed by atoms with Crippen LogP contribution in [0.15, 0.2) is 30.6 Å². The molecule has 3 N–H and O–H groups in total. The molecule has 1 aromatic heterocycles. The number of ether oxygens (including phenoxy) is 2. The number of rotatable bonds is 6. The number of nitrogens with one attached hydrogen (secondary N) is 1. The molecule has 0 saturated carbocycles. The molecule has 1 aromatic carbocycles. The molecule has 0 aliphatic carbocycles. The Balaban J connectivity index is 2.31. The van der Waals surface area contributed by atoms with E-state index in [2.05, 4.69) is 15.3 Å². The second kappa shape index (κ2) is 7.44. The van der Waals surface area contributed by atoms with Crippen molar-refractivity contribution in [3.63, 3.8) is 0 Å². The van der Waals surface area contributed by atoms with Crippen LogP contribution in [0, 0.1) is 0 Å². The molecule has 2 rings (SSSR count). The summed E-state index contributed by atoms with van der Waals surface area (Å²) < 4.78 is 10.6. The lowest BCUT2D eigenvalue weighted by atomic mass is 10.2. The first-order valence-corrected chi connectivity index (χ1v) is 7.33. The maximum absolute atomic E-state index is 12.0. The summed E-state index contributed by atoms with van der Waals surface area (Å²) in [4.78, 5) is 20.1. The fourth-order valence-electron chi connectivity index (χ4n) is 1.90. The molecule has 0 radical (unpaired) electrons. The maximum Gasteiger partial charge on any atom is 0.340 e. The molecule has 23 heavy (non-hydrogen) atoms. The highest BCUT2D eigenvalue weighted by Gasteiger charge is 2.15. The third-order valence-electron chi connectivity index (χ3n) is 2.87. The molecule has 0 unspecified atom stereocenters. The smallest absolute Gasteiger partial charge is 0.340 e. The van der Waals surface area contributed by atoms with Crippen LogP contribution in [0.25, 0.3) is 0 Å². The molecule has 1 heterocycles. The number of hydrogen-bond acceptors (Lipinski definition) is 7. The van der Waals surface area contributed by atoms with Crippen molar-refractivity contribution in [3.8, 4) is 5.88 Å². The standard InChI is InChI=1S/C16H20N4O3/c1-4-22-16(21)11-7-5-6-8-12(11)20-14-13(17)15(19-9-18-14)23-10(2)3/h5-10H,4,17H2,1-3H3,(H,18,19,20). The number of anilines is 3. The van der Waals surface area contributed by atoms with Crippen molar-refractivity contribution in [2.24, 2.45) is 0 Å². The van der Waals surface area contributed by atoms with Gasteiger partial charge in [-0.2, -0.15) is 4.98 Å². The zero-order valence-corrected chi connectivity index (χ0v) is 13.4. The van der Waals surface area contributed by atoms with Crippen LogP contribution in [0.4, 0.5) is 17.2 Å². The Bertz CT molecular complexity index is 689. The number of nitrogen functional groups attached to an aromatic ring is 1. The molecule has 0 amide bonds. The minimum absolute atomic E-state index is 0.0631. The Hall–Kier alpha value is -2.83. The molecular weight excluding hydrogens is 296 g/mol. The van der Waals surface area contributed by atoms with E-state index in [9.17, 15) is 4.79 Å². The van der Waals surface area contributed by atoms with Gasteiger partial charge in [0, 0.05) is 0 Å². The minimum atomic E-state index is -0.415. The number of aromatic nitrogens is 2. The van der Waals surface area contributed by atoms with E-state index in [-0.39, 0.29) is 11.8 Å². The van der Waals surface area contributed by atoms with E-state index < -0.39 is 5.97 Å². The van der Waals surface area contributed by atoms with Crippen LogP contribution >= 0.6 is 0 Å². The third-order valence-corrected chi connectivity index (χ3v) is 2.87. The second-order valence-electron chi connectivity index (χ2n) is 5.00. The van der Waals surface area contributed by atoms with Crippen molar-refractivity contribution < 1.29 is 14.3 Å². The van der Waals surface area contributed by atoms with E-state index in [4.69, 9.17) is 15.2 Å². The summed E-state index contributed by atoms with van der Waals surface area (Å²) in [6.45, 7) is 5.82. The SMILES string of the molecule is CCOC(=O)c1ccccc1Nc1ncnc(OC(C)C)c1N. The van der Waals surface area contributed by atoms with Crippen LogP contribution in [0.1, 0.15) is 31.1 Å². The Morgan fingerprint density at radius 2 is 2.04 bits per heavy atom. The average molecular weight is 316 g/mol. The summed E-state index contributed by atoms with van der Waals surface area (Å²) in [5.74, 6) is 0.250. The number of para-hydroxylation sites is 1. The van der Waals surface area contributed by atoms with Gasteiger partial charge in [0.2, 0.25) is 5.88 Å². The average Bonchev–Trinajstić information content (AvgIpc) is 2.51. The van der Waals surface area contributed by atoms with Crippen LogP contribution < -0.4 is 15.8 Å². The number of hydrogen-bond donors (Lipinski definition) is 2. The monoisotopic (exact) mass is 316 g/mol. The number of carbonyl (C=O) groups is 1. The van der Waals surface area contributed by atoms with Crippen molar-refractivity contribution in [2.75, 3.05) is 17.7 Å². The topological polar surface area (TPSA) is 99.4 Å². The summed E-state index contributed by atoms with van der Waals surface area (Å²) >= 11 is 0. The molecule has 0 spiro atoms. The zero-order chi connectivity index (χ0) is 16.8. The number of carbonyl (C=O) groups excluding carboxylic acids is 1. The molecule has 0 atom stereocenters. The van der Waals surface area contributed by atoms with Crippen LogP contribution in [0.2, 0.25) is 0 Å². The van der Waals surface area contributed by atoms with Gasteiger partial charge in [-0.25, -0.2) is 9.78 Å². The first kappa shape index (κ1) is 16.5. The predicted molar refractivity (Wildman–Crippen MR) is 87.9 cm³/mol. The highest BCUT2D eigenvalue weighted by molar-refractivity contribution is 5.96. The van der Waals surface area contributed by atoms with E-state index in [0.717, 1.165) is 0 Å². The van der Waals surface area contributed by atoms with Gasteiger partial charge in [-0.3, -0.25) is 0 Å². The second-order valence-corrected chi connectivity index (χ2v) is 5.00. The Kier molecular flexibility index (Phi) is 5.35. The molecule has 0 bridgehead atoms. The van der Waals surface area contributed by atoms with E-state index in [0.29, 0.717) is 29.6 Å². The maximum atomic E-state index is 12.0. The quantitative estimate of drug-likeness (QED) is 0.790. The van der Waals surface area contributed by atoms with Crippen molar-refractivity contribution in [1.29, 1.82) is 0 Å². The number of nitrogens with zero attached hydrogens (tertiary/aromatic N) is 2.